The molecule has 0 aliphatic heterocycles. The second kappa shape index (κ2) is 8.38. The van der Waals surface area contributed by atoms with Crippen LogP contribution < -0.4 is 4.90 Å². The van der Waals surface area contributed by atoms with Crippen LogP contribution in [-0.4, -0.2) is 29.4 Å². The first kappa shape index (κ1) is 20.4. The number of carbonyl (C=O) groups excluding carboxylic acids is 1. The maximum Gasteiger partial charge on any atom is 0.416 e. The van der Waals surface area contributed by atoms with Crippen molar-refractivity contribution in [2.24, 2.45) is 0 Å². The van der Waals surface area contributed by atoms with E-state index >= 15 is 0 Å². The average molecular weight is 403 g/mol. The summed E-state index contributed by atoms with van der Waals surface area (Å²) in [6.45, 7) is 2.04. The zero-order valence-corrected chi connectivity index (χ0v) is 16.0. The lowest BCUT2D eigenvalue weighted by Crippen LogP contribution is -2.13. The highest BCUT2D eigenvalue weighted by Crippen LogP contribution is 2.35. The molecule has 0 radical (unpaired) electrons. The lowest BCUT2D eigenvalue weighted by Gasteiger charge is -2.23. The van der Waals surface area contributed by atoms with Gasteiger partial charge in [-0.3, -0.25) is 9.48 Å². The molecule has 0 aliphatic rings. The van der Waals surface area contributed by atoms with Gasteiger partial charge in [-0.25, -0.2) is 0 Å². The van der Waals surface area contributed by atoms with E-state index in [1.165, 1.54) is 16.8 Å². The normalized spacial score (nSPS) is 11.3. The summed E-state index contributed by atoms with van der Waals surface area (Å²) in [5, 5.41) is 4.20. The van der Waals surface area contributed by atoms with Crippen LogP contribution in [0.15, 0.2) is 60.9 Å². The summed E-state index contributed by atoms with van der Waals surface area (Å²) >= 11 is 0. The molecule has 0 unspecified atom stereocenters. The van der Waals surface area contributed by atoms with Gasteiger partial charge in [0.25, 0.3) is 0 Å². The number of hydrogen-bond donors (Lipinski definition) is 0. The number of esters is 1. The minimum absolute atomic E-state index is 0.00471. The summed E-state index contributed by atoms with van der Waals surface area (Å²) in [6.07, 6.45) is -1.00. The Kier molecular flexibility index (Phi) is 5.91. The number of benzene rings is 2. The van der Waals surface area contributed by atoms with E-state index in [9.17, 15) is 18.0 Å². The van der Waals surface area contributed by atoms with Crippen LogP contribution in [0.3, 0.4) is 0 Å². The van der Waals surface area contributed by atoms with Crippen LogP contribution in [0.1, 0.15) is 12.5 Å². The van der Waals surface area contributed by atoms with Gasteiger partial charge in [0, 0.05) is 35.7 Å². The van der Waals surface area contributed by atoms with Crippen molar-refractivity contribution in [2.75, 3.05) is 18.6 Å². The third-order valence-electron chi connectivity index (χ3n) is 4.39. The number of ether oxygens (including phenoxy) is 1. The molecule has 0 atom stereocenters. The fraction of sp³-hybridized carbons (Fsp3) is 0.238. The first-order valence-corrected chi connectivity index (χ1v) is 8.98. The summed E-state index contributed by atoms with van der Waals surface area (Å²) in [7, 11) is 1.78. The molecular weight excluding hydrogens is 383 g/mol. The van der Waals surface area contributed by atoms with Crippen LogP contribution in [-0.2, 0) is 22.3 Å². The predicted molar refractivity (Wildman–Crippen MR) is 104 cm³/mol. The Labute approximate surface area is 166 Å². The van der Waals surface area contributed by atoms with E-state index in [0.29, 0.717) is 12.3 Å². The minimum Gasteiger partial charge on any atom is -0.465 e. The van der Waals surface area contributed by atoms with Crippen molar-refractivity contribution in [2.45, 2.75) is 19.6 Å². The third kappa shape index (κ3) is 4.77. The third-order valence-corrected chi connectivity index (χ3v) is 4.39. The van der Waals surface area contributed by atoms with E-state index in [1.54, 1.807) is 31.3 Å². The maximum absolute atomic E-state index is 12.8. The molecule has 1 aromatic heterocycles. The number of aromatic nitrogens is 2. The Balaban J connectivity index is 1.87. The molecule has 0 saturated heterocycles. The average Bonchev–Trinajstić information content (AvgIpc) is 3.15. The highest BCUT2D eigenvalue weighted by Gasteiger charge is 2.30. The second-order valence-electron chi connectivity index (χ2n) is 6.35. The molecule has 5 nitrogen and oxygen atoms in total. The van der Waals surface area contributed by atoms with Crippen molar-refractivity contribution in [1.29, 1.82) is 0 Å². The Hall–Kier alpha value is -3.29. The van der Waals surface area contributed by atoms with Gasteiger partial charge in [-0.2, -0.15) is 18.3 Å². The Morgan fingerprint density at radius 3 is 2.48 bits per heavy atom. The minimum atomic E-state index is -4.37. The zero-order valence-electron chi connectivity index (χ0n) is 16.0. The molecule has 2 aromatic carbocycles. The van der Waals surface area contributed by atoms with Crippen LogP contribution in [0.5, 0.6) is 0 Å². The van der Waals surface area contributed by atoms with Crippen LogP contribution in [0.2, 0.25) is 0 Å². The van der Waals surface area contributed by atoms with E-state index in [-0.39, 0.29) is 12.5 Å². The van der Waals surface area contributed by atoms with Gasteiger partial charge < -0.3 is 9.64 Å². The molecule has 29 heavy (non-hydrogen) atoms. The monoisotopic (exact) mass is 403 g/mol. The molecule has 0 fully saturated rings. The smallest absolute Gasteiger partial charge is 0.416 e. The lowest BCUT2D eigenvalue weighted by molar-refractivity contribution is -0.144. The fourth-order valence-corrected chi connectivity index (χ4v) is 2.95. The number of halogens is 3. The number of hydrogen-bond acceptors (Lipinski definition) is 4. The van der Waals surface area contributed by atoms with Crippen LogP contribution in [0.4, 0.5) is 24.5 Å². The molecule has 0 bridgehead atoms. The molecule has 0 aliphatic carbocycles. The van der Waals surface area contributed by atoms with Gasteiger partial charge in [0.1, 0.15) is 6.54 Å². The van der Waals surface area contributed by atoms with Crippen molar-refractivity contribution < 1.29 is 22.7 Å². The molecule has 1 heterocycles. The molecule has 8 heteroatoms. The number of alkyl halides is 3. The molecule has 3 aromatic rings. The number of para-hydroxylation sites is 1. The van der Waals surface area contributed by atoms with Crippen molar-refractivity contribution in [3.8, 4) is 11.1 Å². The van der Waals surface area contributed by atoms with Gasteiger partial charge in [-0.1, -0.05) is 18.2 Å². The van der Waals surface area contributed by atoms with Gasteiger partial charge in [-0.15, -0.1) is 0 Å². The molecule has 152 valence electrons. The van der Waals surface area contributed by atoms with E-state index < -0.39 is 11.7 Å². The number of anilines is 2. The zero-order chi connectivity index (χ0) is 21.0. The second-order valence-corrected chi connectivity index (χ2v) is 6.35. The van der Waals surface area contributed by atoms with Gasteiger partial charge in [-0.05, 0) is 37.3 Å². The molecule has 3 rings (SSSR count). The van der Waals surface area contributed by atoms with Gasteiger partial charge in [0.15, 0.2) is 0 Å². The van der Waals surface area contributed by atoms with Gasteiger partial charge in [0.2, 0.25) is 0 Å². The van der Waals surface area contributed by atoms with Gasteiger partial charge in [0.05, 0.1) is 18.4 Å². The Morgan fingerprint density at radius 1 is 1.14 bits per heavy atom. The Morgan fingerprint density at radius 2 is 1.83 bits per heavy atom. The highest BCUT2D eigenvalue weighted by molar-refractivity contribution is 5.81. The van der Waals surface area contributed by atoms with E-state index in [0.717, 1.165) is 28.9 Å². The van der Waals surface area contributed by atoms with Crippen molar-refractivity contribution in [3.05, 3.63) is 66.5 Å². The summed E-state index contributed by atoms with van der Waals surface area (Å²) < 4.78 is 44.9. The lowest BCUT2D eigenvalue weighted by atomic mass is 10.1. The molecular formula is C21H20F3N3O2. The summed E-state index contributed by atoms with van der Waals surface area (Å²) in [4.78, 5) is 13.4. The Bertz CT molecular complexity index is 981. The summed E-state index contributed by atoms with van der Waals surface area (Å²) in [5.74, 6) is -0.377. The summed E-state index contributed by atoms with van der Waals surface area (Å²) in [5.41, 5.74) is 2.34. The molecule has 0 spiro atoms. The SMILES string of the molecule is CCOC(=O)Cn1cc(-c2ccccc2N(C)c2ccc(C(F)(F)F)cc2)cn1. The van der Waals surface area contributed by atoms with Crippen LogP contribution in [0.25, 0.3) is 11.1 Å². The topological polar surface area (TPSA) is 47.4 Å². The number of carbonyl (C=O) groups is 1. The maximum atomic E-state index is 12.8. The number of nitrogens with zero attached hydrogens (tertiary/aromatic N) is 3. The van der Waals surface area contributed by atoms with Crippen molar-refractivity contribution >= 4 is 17.3 Å². The quantitative estimate of drug-likeness (QED) is 0.550. The standard InChI is InChI=1S/C21H20F3N3O2/c1-3-29-20(28)14-27-13-15(12-25-27)18-6-4-5-7-19(18)26(2)17-10-8-16(9-11-17)21(22,23)24/h4-13H,3,14H2,1-2H3. The summed E-state index contributed by atoms with van der Waals surface area (Å²) in [6, 6.07) is 12.5. The van der Waals surface area contributed by atoms with E-state index in [2.05, 4.69) is 5.10 Å². The van der Waals surface area contributed by atoms with Crippen LogP contribution in [0, 0.1) is 0 Å². The number of rotatable bonds is 6. The van der Waals surface area contributed by atoms with E-state index in [4.69, 9.17) is 4.74 Å². The first-order valence-electron chi connectivity index (χ1n) is 8.98. The highest BCUT2D eigenvalue weighted by atomic mass is 19.4. The predicted octanol–water partition coefficient (Wildman–Crippen LogP) is 4.90. The largest absolute Gasteiger partial charge is 0.465 e. The fourth-order valence-electron chi connectivity index (χ4n) is 2.95. The molecule has 0 saturated carbocycles. The van der Waals surface area contributed by atoms with E-state index in [1.807, 2.05) is 24.3 Å². The van der Waals surface area contributed by atoms with Gasteiger partial charge >= 0.3 is 12.1 Å². The van der Waals surface area contributed by atoms with Crippen molar-refractivity contribution in [1.82, 2.24) is 9.78 Å². The van der Waals surface area contributed by atoms with Crippen molar-refractivity contribution in [3.63, 3.8) is 0 Å². The molecule has 0 amide bonds. The first-order chi connectivity index (χ1) is 13.8. The molecule has 0 N–H and O–H groups in total. The van der Waals surface area contributed by atoms with Crippen LogP contribution >= 0.6 is 0 Å².